The number of pyridine rings is 2. The number of aryl methyl sites for hydroxylation is 6. The smallest absolute Gasteiger partial charge is 0.214 e. The summed E-state index contributed by atoms with van der Waals surface area (Å²) < 4.78 is 2.22. The Morgan fingerprint density at radius 3 is 2.04 bits per heavy atom. The van der Waals surface area contributed by atoms with Crippen molar-refractivity contribution < 1.29 is 4.57 Å². The van der Waals surface area contributed by atoms with Crippen molar-refractivity contribution in [3.63, 3.8) is 0 Å². The van der Waals surface area contributed by atoms with Gasteiger partial charge in [-0.05, 0) is 69.0 Å². The second-order valence-electron chi connectivity index (χ2n) is 6.72. The summed E-state index contributed by atoms with van der Waals surface area (Å²) in [6, 6.07) is 13.1. The highest BCUT2D eigenvalue weighted by Crippen LogP contribution is 2.29. The molecule has 0 aliphatic carbocycles. The minimum atomic E-state index is 1.07. The summed E-state index contributed by atoms with van der Waals surface area (Å²) in [6.45, 7) is 10.7. The first kappa shape index (κ1) is 16.4. The summed E-state index contributed by atoms with van der Waals surface area (Å²) in [7, 11) is 2.12. The van der Waals surface area contributed by atoms with Crippen molar-refractivity contribution in [3.8, 4) is 22.4 Å². The van der Waals surface area contributed by atoms with Crippen molar-refractivity contribution in [2.24, 2.45) is 7.05 Å². The number of rotatable bonds is 2. The van der Waals surface area contributed by atoms with Gasteiger partial charge in [0.15, 0.2) is 6.20 Å². The number of hydrogen-bond acceptors (Lipinski definition) is 1. The molecule has 0 radical (unpaired) electrons. The van der Waals surface area contributed by atoms with E-state index in [4.69, 9.17) is 0 Å². The van der Waals surface area contributed by atoms with Crippen LogP contribution in [0, 0.1) is 34.6 Å². The van der Waals surface area contributed by atoms with Crippen molar-refractivity contribution >= 4 is 0 Å². The highest BCUT2D eigenvalue weighted by Gasteiger charge is 2.18. The molecule has 2 nitrogen and oxygen atoms in total. The SMILES string of the molecule is Cc1cc(C)c(-c2ccc(-c3c(C)cccc3C)c[n+]2C)c(C)n1. The predicted octanol–water partition coefficient (Wildman–Crippen LogP) is 4.78. The Morgan fingerprint density at radius 2 is 1.46 bits per heavy atom. The van der Waals surface area contributed by atoms with Gasteiger partial charge in [-0.3, -0.25) is 4.98 Å². The molecule has 0 spiro atoms. The lowest BCUT2D eigenvalue weighted by Crippen LogP contribution is -2.31. The van der Waals surface area contributed by atoms with Crippen molar-refractivity contribution in [3.05, 3.63) is 70.7 Å². The third-order valence-corrected chi connectivity index (χ3v) is 4.69. The van der Waals surface area contributed by atoms with Crippen LogP contribution in [0.2, 0.25) is 0 Å². The average Bonchev–Trinajstić information content (AvgIpc) is 2.48. The molecule has 3 rings (SSSR count). The van der Waals surface area contributed by atoms with Crippen LogP contribution in [0.1, 0.15) is 28.1 Å². The molecule has 0 saturated carbocycles. The lowest BCUT2D eigenvalue weighted by Gasteiger charge is -2.12. The zero-order valence-electron chi connectivity index (χ0n) is 15.4. The number of nitrogens with zero attached hydrogens (tertiary/aromatic N) is 2. The molecule has 2 heteroatoms. The van der Waals surface area contributed by atoms with Gasteiger partial charge in [-0.25, -0.2) is 4.57 Å². The van der Waals surface area contributed by atoms with Gasteiger partial charge in [0, 0.05) is 17.3 Å². The fourth-order valence-electron chi connectivity index (χ4n) is 3.70. The van der Waals surface area contributed by atoms with E-state index in [0.29, 0.717) is 0 Å². The molecular weight excluding hydrogens is 292 g/mol. The standard InChI is InChI=1S/C22H25N2/c1-14-8-7-9-15(2)21(14)19-10-11-20(24(6)13-19)22-16(3)12-17(4)23-18(22)5/h7-13H,1-6H3/q+1. The second-order valence-corrected chi connectivity index (χ2v) is 6.72. The van der Waals surface area contributed by atoms with Gasteiger partial charge in [0.25, 0.3) is 0 Å². The van der Waals surface area contributed by atoms with Gasteiger partial charge in [-0.1, -0.05) is 18.2 Å². The number of aromatic nitrogens is 2. The first-order valence-electron chi connectivity index (χ1n) is 8.40. The van der Waals surface area contributed by atoms with Crippen molar-refractivity contribution in [1.29, 1.82) is 0 Å². The third-order valence-electron chi connectivity index (χ3n) is 4.69. The molecule has 2 aromatic heterocycles. The quantitative estimate of drug-likeness (QED) is 0.621. The highest BCUT2D eigenvalue weighted by molar-refractivity contribution is 5.71. The Bertz CT molecular complexity index is 880. The van der Waals surface area contributed by atoms with Gasteiger partial charge >= 0.3 is 0 Å². The third kappa shape index (κ3) is 2.84. The van der Waals surface area contributed by atoms with E-state index in [1.165, 1.54) is 39.1 Å². The molecule has 1 aromatic carbocycles. The topological polar surface area (TPSA) is 16.8 Å². The van der Waals surface area contributed by atoms with Gasteiger partial charge in [-0.2, -0.15) is 0 Å². The molecule has 0 amide bonds. The van der Waals surface area contributed by atoms with Crippen LogP contribution in [0.3, 0.4) is 0 Å². The number of benzene rings is 1. The van der Waals surface area contributed by atoms with E-state index < -0.39 is 0 Å². The Labute approximate surface area is 144 Å². The zero-order chi connectivity index (χ0) is 17.4. The summed E-state index contributed by atoms with van der Waals surface area (Å²) in [5.74, 6) is 0. The van der Waals surface area contributed by atoms with Crippen LogP contribution in [0.25, 0.3) is 22.4 Å². The maximum absolute atomic E-state index is 4.65. The zero-order valence-corrected chi connectivity index (χ0v) is 15.4. The van der Waals surface area contributed by atoms with Crippen molar-refractivity contribution in [2.75, 3.05) is 0 Å². The maximum Gasteiger partial charge on any atom is 0.214 e. The van der Waals surface area contributed by atoms with E-state index >= 15 is 0 Å². The minimum Gasteiger partial charge on any atom is -0.258 e. The van der Waals surface area contributed by atoms with Crippen LogP contribution in [0.4, 0.5) is 0 Å². The molecule has 0 aliphatic rings. The molecule has 0 unspecified atom stereocenters. The monoisotopic (exact) mass is 317 g/mol. The van der Waals surface area contributed by atoms with Crippen LogP contribution >= 0.6 is 0 Å². The van der Waals surface area contributed by atoms with Crippen molar-refractivity contribution in [2.45, 2.75) is 34.6 Å². The fourth-order valence-corrected chi connectivity index (χ4v) is 3.70. The normalized spacial score (nSPS) is 10.9. The molecule has 0 atom stereocenters. The summed E-state index contributed by atoms with van der Waals surface area (Å²) >= 11 is 0. The summed E-state index contributed by atoms with van der Waals surface area (Å²) in [4.78, 5) is 4.65. The Morgan fingerprint density at radius 1 is 0.792 bits per heavy atom. The molecule has 0 fully saturated rings. The van der Waals surface area contributed by atoms with Crippen LogP contribution in [0.5, 0.6) is 0 Å². The average molecular weight is 317 g/mol. The Kier molecular flexibility index (Phi) is 4.23. The molecule has 24 heavy (non-hydrogen) atoms. The minimum absolute atomic E-state index is 1.07. The number of hydrogen-bond donors (Lipinski definition) is 0. The molecule has 0 bridgehead atoms. The molecule has 2 heterocycles. The van der Waals surface area contributed by atoms with E-state index in [9.17, 15) is 0 Å². The van der Waals surface area contributed by atoms with Gasteiger partial charge < -0.3 is 0 Å². The first-order valence-corrected chi connectivity index (χ1v) is 8.40. The Balaban J connectivity index is 2.16. The molecule has 0 aliphatic heterocycles. The maximum atomic E-state index is 4.65. The molecule has 0 N–H and O–H groups in total. The van der Waals surface area contributed by atoms with Crippen LogP contribution in [-0.2, 0) is 7.05 Å². The van der Waals surface area contributed by atoms with E-state index in [1.54, 1.807) is 0 Å². The predicted molar refractivity (Wildman–Crippen MR) is 100.0 cm³/mol. The summed E-state index contributed by atoms with van der Waals surface area (Å²) in [5.41, 5.74) is 11.1. The van der Waals surface area contributed by atoms with E-state index in [-0.39, 0.29) is 0 Å². The van der Waals surface area contributed by atoms with Gasteiger partial charge in [0.05, 0.1) is 11.3 Å². The fraction of sp³-hybridized carbons (Fsp3) is 0.273. The molecule has 3 aromatic rings. The second kappa shape index (κ2) is 6.20. The largest absolute Gasteiger partial charge is 0.258 e. The Hall–Kier alpha value is -2.48. The lowest BCUT2D eigenvalue weighted by atomic mass is 9.95. The summed E-state index contributed by atoms with van der Waals surface area (Å²) in [5, 5.41) is 0. The van der Waals surface area contributed by atoms with E-state index in [0.717, 1.165) is 11.4 Å². The van der Waals surface area contributed by atoms with Gasteiger partial charge in [0.1, 0.15) is 7.05 Å². The van der Waals surface area contributed by atoms with Crippen LogP contribution in [0.15, 0.2) is 42.6 Å². The van der Waals surface area contributed by atoms with Gasteiger partial charge in [0.2, 0.25) is 5.69 Å². The summed E-state index contributed by atoms with van der Waals surface area (Å²) in [6.07, 6.45) is 2.23. The highest BCUT2D eigenvalue weighted by atomic mass is 14.9. The molecular formula is C22H25N2+. The first-order chi connectivity index (χ1) is 11.4. The molecule has 122 valence electrons. The van der Waals surface area contributed by atoms with Crippen LogP contribution < -0.4 is 4.57 Å². The van der Waals surface area contributed by atoms with Crippen molar-refractivity contribution in [1.82, 2.24) is 4.98 Å². The molecule has 0 saturated heterocycles. The lowest BCUT2D eigenvalue weighted by molar-refractivity contribution is -0.659. The van der Waals surface area contributed by atoms with Crippen LogP contribution in [-0.4, -0.2) is 4.98 Å². The van der Waals surface area contributed by atoms with Gasteiger partial charge in [-0.15, -0.1) is 0 Å². The van der Waals surface area contributed by atoms with E-state index in [2.05, 4.69) is 86.9 Å². The van der Waals surface area contributed by atoms with E-state index in [1.807, 2.05) is 6.92 Å².